The Bertz CT molecular complexity index is 747. The van der Waals surface area contributed by atoms with Gasteiger partial charge in [-0.25, -0.2) is 0 Å². The van der Waals surface area contributed by atoms with E-state index in [1.54, 1.807) is 12.1 Å². The highest BCUT2D eigenvalue weighted by Gasteiger charge is 2.16. The van der Waals surface area contributed by atoms with Gasteiger partial charge in [-0.1, -0.05) is 35.9 Å². The topological polar surface area (TPSA) is 44.8 Å². The third-order valence-electron chi connectivity index (χ3n) is 4.31. The highest BCUT2D eigenvalue weighted by atomic mass is 35.5. The standard InChI is InChI=1S/C20H24ClN3O2/c1-23(15-20(25)22-18-7-4-6-17(21)13-18)14-16-5-2-3-8-19(16)24-9-11-26-12-10-24/h2-8,13H,9-12,14-15H2,1H3,(H,22,25). The molecule has 0 unspecified atom stereocenters. The Hall–Kier alpha value is -2.08. The van der Waals surface area contributed by atoms with Crippen LogP contribution in [0.3, 0.4) is 0 Å². The van der Waals surface area contributed by atoms with Gasteiger partial charge in [-0.2, -0.15) is 0 Å². The van der Waals surface area contributed by atoms with Crippen LogP contribution in [-0.2, 0) is 16.1 Å². The van der Waals surface area contributed by atoms with Crippen molar-refractivity contribution in [1.29, 1.82) is 0 Å². The monoisotopic (exact) mass is 373 g/mol. The number of likely N-dealkylation sites (N-methyl/N-ethyl adjacent to an activating group) is 1. The van der Waals surface area contributed by atoms with Gasteiger partial charge in [-0.15, -0.1) is 0 Å². The molecule has 0 atom stereocenters. The van der Waals surface area contributed by atoms with Gasteiger partial charge < -0.3 is 15.0 Å². The van der Waals surface area contributed by atoms with Gasteiger partial charge in [0, 0.05) is 36.0 Å². The fourth-order valence-electron chi connectivity index (χ4n) is 3.12. The zero-order valence-electron chi connectivity index (χ0n) is 15.0. The van der Waals surface area contributed by atoms with Crippen molar-refractivity contribution in [2.75, 3.05) is 50.1 Å². The molecule has 1 aliphatic heterocycles. The number of halogens is 1. The number of carbonyl (C=O) groups is 1. The Kier molecular flexibility index (Phi) is 6.50. The zero-order chi connectivity index (χ0) is 18.4. The molecule has 1 N–H and O–H groups in total. The lowest BCUT2D eigenvalue weighted by atomic mass is 10.1. The molecule has 0 radical (unpaired) electrons. The molecule has 0 saturated carbocycles. The van der Waals surface area contributed by atoms with Gasteiger partial charge in [-0.05, 0) is 36.9 Å². The molecule has 2 aromatic carbocycles. The largest absolute Gasteiger partial charge is 0.378 e. The first kappa shape index (κ1) is 18.7. The molecule has 1 amide bonds. The van der Waals surface area contributed by atoms with Crippen molar-refractivity contribution >= 4 is 28.9 Å². The number of hydrogen-bond acceptors (Lipinski definition) is 4. The van der Waals surface area contributed by atoms with Crippen LogP contribution in [0.1, 0.15) is 5.56 Å². The molecule has 26 heavy (non-hydrogen) atoms. The van der Waals surface area contributed by atoms with Gasteiger partial charge in [0.25, 0.3) is 0 Å². The molecule has 138 valence electrons. The minimum atomic E-state index is -0.0568. The Morgan fingerprint density at radius 1 is 1.19 bits per heavy atom. The summed E-state index contributed by atoms with van der Waals surface area (Å²) < 4.78 is 5.45. The Morgan fingerprint density at radius 3 is 2.73 bits per heavy atom. The third kappa shape index (κ3) is 5.21. The van der Waals surface area contributed by atoms with Crippen molar-refractivity contribution in [1.82, 2.24) is 4.90 Å². The fraction of sp³-hybridized carbons (Fsp3) is 0.350. The van der Waals surface area contributed by atoms with Crippen LogP contribution in [0.25, 0.3) is 0 Å². The number of carbonyl (C=O) groups excluding carboxylic acids is 1. The first-order valence-electron chi connectivity index (χ1n) is 8.76. The second-order valence-corrected chi connectivity index (χ2v) is 6.90. The fourth-order valence-corrected chi connectivity index (χ4v) is 3.31. The van der Waals surface area contributed by atoms with E-state index >= 15 is 0 Å². The number of anilines is 2. The van der Waals surface area contributed by atoms with Crippen LogP contribution >= 0.6 is 11.6 Å². The van der Waals surface area contributed by atoms with E-state index in [1.165, 1.54) is 11.3 Å². The lowest BCUT2D eigenvalue weighted by Crippen LogP contribution is -2.37. The zero-order valence-corrected chi connectivity index (χ0v) is 15.7. The molecule has 0 aliphatic carbocycles. The summed E-state index contributed by atoms with van der Waals surface area (Å²) in [7, 11) is 1.95. The summed E-state index contributed by atoms with van der Waals surface area (Å²) in [5, 5.41) is 3.49. The Labute approximate surface area is 159 Å². The van der Waals surface area contributed by atoms with Crippen molar-refractivity contribution in [2.24, 2.45) is 0 Å². The second kappa shape index (κ2) is 9.03. The maximum atomic E-state index is 12.3. The highest BCUT2D eigenvalue weighted by molar-refractivity contribution is 6.30. The normalized spacial score (nSPS) is 14.5. The third-order valence-corrected chi connectivity index (χ3v) is 4.54. The van der Waals surface area contributed by atoms with Crippen LogP contribution in [0.15, 0.2) is 48.5 Å². The summed E-state index contributed by atoms with van der Waals surface area (Å²) in [6, 6.07) is 15.5. The van der Waals surface area contributed by atoms with Crippen LogP contribution in [-0.4, -0.2) is 50.7 Å². The lowest BCUT2D eigenvalue weighted by Gasteiger charge is -2.31. The SMILES string of the molecule is CN(CC(=O)Nc1cccc(Cl)c1)Cc1ccccc1N1CCOCC1. The van der Waals surface area contributed by atoms with E-state index in [2.05, 4.69) is 28.4 Å². The van der Waals surface area contributed by atoms with E-state index in [9.17, 15) is 4.79 Å². The molecular weight excluding hydrogens is 350 g/mol. The molecule has 1 heterocycles. The number of nitrogens with one attached hydrogen (secondary N) is 1. The smallest absolute Gasteiger partial charge is 0.238 e. The highest BCUT2D eigenvalue weighted by Crippen LogP contribution is 2.22. The summed E-state index contributed by atoms with van der Waals surface area (Å²) in [4.78, 5) is 16.6. The average molecular weight is 374 g/mol. The van der Waals surface area contributed by atoms with Gasteiger partial charge in [0.1, 0.15) is 0 Å². The summed E-state index contributed by atoms with van der Waals surface area (Å²) in [5.74, 6) is -0.0568. The Morgan fingerprint density at radius 2 is 1.96 bits per heavy atom. The van der Waals surface area contributed by atoms with Gasteiger partial charge in [0.15, 0.2) is 0 Å². The van der Waals surface area contributed by atoms with Crippen molar-refractivity contribution in [3.63, 3.8) is 0 Å². The second-order valence-electron chi connectivity index (χ2n) is 6.46. The molecule has 1 saturated heterocycles. The molecular formula is C20H24ClN3O2. The average Bonchev–Trinajstić information content (AvgIpc) is 2.62. The van der Waals surface area contributed by atoms with E-state index in [0.29, 0.717) is 23.8 Å². The maximum Gasteiger partial charge on any atom is 0.238 e. The summed E-state index contributed by atoms with van der Waals surface area (Å²) in [6.45, 7) is 4.32. The van der Waals surface area contributed by atoms with Crippen LogP contribution in [0.4, 0.5) is 11.4 Å². The van der Waals surface area contributed by atoms with Crippen molar-refractivity contribution in [2.45, 2.75) is 6.54 Å². The van der Waals surface area contributed by atoms with Crippen molar-refractivity contribution < 1.29 is 9.53 Å². The van der Waals surface area contributed by atoms with Crippen molar-refractivity contribution in [3.8, 4) is 0 Å². The van der Waals surface area contributed by atoms with E-state index in [1.807, 2.05) is 30.1 Å². The molecule has 3 rings (SSSR count). The maximum absolute atomic E-state index is 12.3. The molecule has 1 fully saturated rings. The number of morpholine rings is 1. The summed E-state index contributed by atoms with van der Waals surface area (Å²) in [5.41, 5.74) is 3.15. The number of hydrogen-bond donors (Lipinski definition) is 1. The molecule has 1 aliphatic rings. The summed E-state index contributed by atoms with van der Waals surface area (Å²) >= 11 is 5.96. The number of rotatable bonds is 6. The molecule has 0 bridgehead atoms. The number of ether oxygens (including phenoxy) is 1. The van der Waals surface area contributed by atoms with E-state index in [-0.39, 0.29) is 5.91 Å². The number of amides is 1. The lowest BCUT2D eigenvalue weighted by molar-refractivity contribution is -0.117. The van der Waals surface area contributed by atoms with Crippen LogP contribution in [0, 0.1) is 0 Å². The molecule has 0 aromatic heterocycles. The van der Waals surface area contributed by atoms with Crippen LogP contribution < -0.4 is 10.2 Å². The Balaban J connectivity index is 1.59. The number of para-hydroxylation sites is 1. The minimum Gasteiger partial charge on any atom is -0.378 e. The van der Waals surface area contributed by atoms with E-state index < -0.39 is 0 Å². The van der Waals surface area contributed by atoms with E-state index in [4.69, 9.17) is 16.3 Å². The van der Waals surface area contributed by atoms with Crippen molar-refractivity contribution in [3.05, 3.63) is 59.1 Å². The molecule has 2 aromatic rings. The molecule has 6 heteroatoms. The van der Waals surface area contributed by atoms with E-state index in [0.717, 1.165) is 26.3 Å². The predicted octanol–water partition coefficient (Wildman–Crippen LogP) is 3.25. The van der Waals surface area contributed by atoms with Gasteiger partial charge >= 0.3 is 0 Å². The van der Waals surface area contributed by atoms with Crippen LogP contribution in [0.5, 0.6) is 0 Å². The first-order valence-corrected chi connectivity index (χ1v) is 9.14. The molecule has 5 nitrogen and oxygen atoms in total. The predicted molar refractivity (Wildman–Crippen MR) is 106 cm³/mol. The summed E-state index contributed by atoms with van der Waals surface area (Å²) in [6.07, 6.45) is 0. The number of nitrogens with zero attached hydrogens (tertiary/aromatic N) is 2. The molecule has 0 spiro atoms. The first-order chi connectivity index (χ1) is 12.6. The number of benzene rings is 2. The minimum absolute atomic E-state index is 0.0568. The van der Waals surface area contributed by atoms with Gasteiger partial charge in [0.05, 0.1) is 19.8 Å². The quantitative estimate of drug-likeness (QED) is 0.844. The van der Waals surface area contributed by atoms with Gasteiger partial charge in [0.2, 0.25) is 5.91 Å². The van der Waals surface area contributed by atoms with Gasteiger partial charge in [-0.3, -0.25) is 9.69 Å². The van der Waals surface area contributed by atoms with Crippen LogP contribution in [0.2, 0.25) is 5.02 Å².